The van der Waals surface area contributed by atoms with Crippen molar-refractivity contribution in [1.29, 1.82) is 0 Å². The summed E-state index contributed by atoms with van der Waals surface area (Å²) >= 11 is 0. The molecule has 29 heavy (non-hydrogen) atoms. The number of terminal acetylenes is 1. The third-order valence-corrected chi connectivity index (χ3v) is 5.13. The summed E-state index contributed by atoms with van der Waals surface area (Å²) in [6.07, 6.45) is 7.93. The first-order valence-electron chi connectivity index (χ1n) is 9.97. The van der Waals surface area contributed by atoms with Gasteiger partial charge in [0.05, 0.1) is 39.2 Å². The number of hydrogen-bond donors (Lipinski definition) is 2. The molecule has 0 saturated carbocycles. The van der Waals surface area contributed by atoms with E-state index in [1.807, 2.05) is 0 Å². The molecule has 0 bridgehead atoms. The first kappa shape index (κ1) is 27.5. The number of unbranched alkanes of at least 4 members (excludes halogenated alkanes) is 2. The summed E-state index contributed by atoms with van der Waals surface area (Å²) in [6, 6.07) is 0. The van der Waals surface area contributed by atoms with Gasteiger partial charge < -0.3 is 24.6 Å². The lowest BCUT2D eigenvalue weighted by atomic mass is 10.2. The Kier molecular flexibility index (Phi) is 17.6. The van der Waals surface area contributed by atoms with Gasteiger partial charge in [-0.05, 0) is 26.2 Å². The number of amides is 2. The first-order valence-corrected chi connectivity index (χ1v) is 11.7. The van der Waals surface area contributed by atoms with Crippen LogP contribution in [0.25, 0.3) is 0 Å². The van der Waals surface area contributed by atoms with Crippen LogP contribution in [0, 0.1) is 12.3 Å². The van der Waals surface area contributed by atoms with Crippen LogP contribution in [0.15, 0.2) is 0 Å². The highest BCUT2D eigenvalue weighted by atomic mass is 31.2. The Bertz CT molecular complexity index is 541. The van der Waals surface area contributed by atoms with Gasteiger partial charge in [0.25, 0.3) is 0 Å². The molecule has 1 atom stereocenters. The van der Waals surface area contributed by atoms with Crippen LogP contribution in [0.5, 0.6) is 0 Å². The Hall–Kier alpha value is -1.46. The molecule has 0 aliphatic carbocycles. The predicted molar refractivity (Wildman–Crippen MR) is 109 cm³/mol. The van der Waals surface area contributed by atoms with E-state index in [1.54, 1.807) is 6.92 Å². The van der Waals surface area contributed by atoms with Gasteiger partial charge in [-0.25, -0.2) is 0 Å². The maximum Gasteiger partial charge on any atom is 0.367 e. The normalized spacial score (nSPS) is 12.7. The molecule has 0 radical (unpaired) electrons. The minimum Gasteiger partial charge on any atom is -0.377 e. The second kappa shape index (κ2) is 18.6. The number of rotatable bonds is 19. The molecular weight excluding hydrogens is 402 g/mol. The number of hydrogen-bond acceptors (Lipinski definition) is 6. The number of carbonyl (C=O) groups excluding carboxylic acids is 2. The lowest BCUT2D eigenvalue weighted by Gasteiger charge is -2.09. The maximum absolute atomic E-state index is 13.3. The fourth-order valence-electron chi connectivity index (χ4n) is 2.22. The molecule has 0 saturated heterocycles. The van der Waals surface area contributed by atoms with Gasteiger partial charge in [0.2, 0.25) is 11.8 Å². The van der Waals surface area contributed by atoms with Crippen molar-refractivity contribution in [3.8, 4) is 12.3 Å². The van der Waals surface area contributed by atoms with Crippen LogP contribution >= 0.6 is 7.68 Å². The molecule has 0 aromatic carbocycles. The average Bonchev–Trinajstić information content (AvgIpc) is 2.66. The molecule has 2 N–H and O–H groups in total. The van der Waals surface area contributed by atoms with E-state index in [2.05, 4.69) is 21.1 Å². The maximum atomic E-state index is 13.3. The van der Waals surface area contributed by atoms with Crippen LogP contribution in [0.4, 0.5) is 4.20 Å². The molecule has 0 aliphatic heterocycles. The van der Waals surface area contributed by atoms with Crippen LogP contribution in [0.1, 0.15) is 45.4 Å². The van der Waals surface area contributed by atoms with E-state index >= 15 is 0 Å². The van der Waals surface area contributed by atoms with Gasteiger partial charge in [-0.15, -0.1) is 12.3 Å². The molecule has 0 aliphatic rings. The van der Waals surface area contributed by atoms with E-state index in [0.717, 1.165) is 12.8 Å². The zero-order chi connectivity index (χ0) is 21.8. The van der Waals surface area contributed by atoms with Gasteiger partial charge in [0.15, 0.2) is 0 Å². The predicted octanol–water partition coefficient (Wildman–Crippen LogP) is 2.42. The highest BCUT2D eigenvalue weighted by molar-refractivity contribution is 7.53. The Morgan fingerprint density at radius 2 is 1.52 bits per heavy atom. The van der Waals surface area contributed by atoms with Gasteiger partial charge in [-0.2, -0.15) is 4.20 Å². The Morgan fingerprint density at radius 3 is 2.03 bits per heavy atom. The Balaban J connectivity index is 3.38. The third kappa shape index (κ3) is 19.6. The topological polar surface area (TPSA) is 103 Å². The minimum atomic E-state index is -4.06. The highest BCUT2D eigenvalue weighted by Crippen LogP contribution is 2.49. The van der Waals surface area contributed by atoms with Crippen molar-refractivity contribution < 1.29 is 32.3 Å². The molecule has 0 fully saturated rings. The summed E-state index contributed by atoms with van der Waals surface area (Å²) < 4.78 is 39.7. The van der Waals surface area contributed by atoms with Crippen LogP contribution in [0.3, 0.4) is 0 Å². The molecular formula is C19H34FN2O6P. The lowest BCUT2D eigenvalue weighted by Crippen LogP contribution is -2.28. The Morgan fingerprint density at radius 1 is 0.966 bits per heavy atom. The highest BCUT2D eigenvalue weighted by Gasteiger charge is 2.20. The van der Waals surface area contributed by atoms with Gasteiger partial charge in [-0.3, -0.25) is 14.2 Å². The van der Waals surface area contributed by atoms with E-state index in [1.165, 1.54) is 0 Å². The summed E-state index contributed by atoms with van der Waals surface area (Å²) in [5, 5.41) is 5.40. The van der Waals surface area contributed by atoms with Crippen molar-refractivity contribution in [2.45, 2.75) is 45.4 Å². The van der Waals surface area contributed by atoms with Crippen molar-refractivity contribution in [1.82, 2.24) is 10.6 Å². The fourth-order valence-corrected chi connectivity index (χ4v) is 3.27. The van der Waals surface area contributed by atoms with Crippen molar-refractivity contribution in [3.05, 3.63) is 0 Å². The van der Waals surface area contributed by atoms with Gasteiger partial charge in [-0.1, -0.05) is 0 Å². The molecule has 1 unspecified atom stereocenters. The third-order valence-electron chi connectivity index (χ3n) is 3.64. The standard InChI is InChI=1S/C19H34FN2O6P/c1-3-5-6-7-9-18(23)21-11-13-26-15-16-27-14-12-22-19(24)10-8-17-29(20,25)28-4-2/h1H,4-17H2,2H3,(H,21,23)(H,22,24). The molecule has 168 valence electrons. The summed E-state index contributed by atoms with van der Waals surface area (Å²) in [7, 11) is -4.06. The molecule has 0 aromatic heterocycles. The first-order chi connectivity index (χ1) is 13.9. The van der Waals surface area contributed by atoms with Crippen LogP contribution in [-0.4, -0.2) is 64.1 Å². The lowest BCUT2D eigenvalue weighted by molar-refractivity contribution is -0.122. The minimum absolute atomic E-state index is 0.00941. The molecule has 8 nitrogen and oxygen atoms in total. The van der Waals surface area contributed by atoms with Crippen molar-refractivity contribution in [3.63, 3.8) is 0 Å². The molecule has 0 rings (SSSR count). The second-order valence-electron chi connectivity index (χ2n) is 6.17. The van der Waals surface area contributed by atoms with E-state index in [9.17, 15) is 18.4 Å². The number of ether oxygens (including phenoxy) is 2. The largest absolute Gasteiger partial charge is 0.377 e. The quantitative estimate of drug-likeness (QED) is 0.183. The zero-order valence-electron chi connectivity index (χ0n) is 17.3. The van der Waals surface area contributed by atoms with Crippen molar-refractivity contribution in [2.24, 2.45) is 0 Å². The zero-order valence-corrected chi connectivity index (χ0v) is 18.1. The van der Waals surface area contributed by atoms with E-state index in [-0.39, 0.29) is 37.4 Å². The number of nitrogens with one attached hydrogen (secondary N) is 2. The summed E-state index contributed by atoms with van der Waals surface area (Å²) in [6.45, 7) is 3.86. The van der Waals surface area contributed by atoms with Crippen LogP contribution < -0.4 is 10.6 Å². The SMILES string of the molecule is C#CCCCCC(=O)NCCOCCOCCNC(=O)CCCP(=O)(F)OCC. The van der Waals surface area contributed by atoms with E-state index in [4.69, 9.17) is 15.9 Å². The molecule has 0 heterocycles. The van der Waals surface area contributed by atoms with Crippen molar-refractivity contribution in [2.75, 3.05) is 52.3 Å². The van der Waals surface area contributed by atoms with Crippen LogP contribution in [-0.2, 0) is 28.2 Å². The Labute approximate surface area is 173 Å². The van der Waals surface area contributed by atoms with Crippen LogP contribution in [0.2, 0.25) is 0 Å². The summed E-state index contributed by atoms with van der Waals surface area (Å²) in [4.78, 5) is 23.1. The van der Waals surface area contributed by atoms with Gasteiger partial charge in [0, 0.05) is 32.4 Å². The number of halogens is 1. The fraction of sp³-hybridized carbons (Fsp3) is 0.789. The molecule has 2 amide bonds. The molecule has 0 spiro atoms. The monoisotopic (exact) mass is 436 g/mol. The molecule has 10 heteroatoms. The van der Waals surface area contributed by atoms with Gasteiger partial charge >= 0.3 is 7.68 Å². The molecule has 0 aromatic rings. The second-order valence-corrected chi connectivity index (χ2v) is 8.06. The smallest absolute Gasteiger partial charge is 0.367 e. The van der Waals surface area contributed by atoms with E-state index in [0.29, 0.717) is 52.4 Å². The van der Waals surface area contributed by atoms with Gasteiger partial charge in [0.1, 0.15) is 0 Å². The van der Waals surface area contributed by atoms with E-state index < -0.39 is 7.68 Å². The summed E-state index contributed by atoms with van der Waals surface area (Å²) in [5.41, 5.74) is 0. The number of carbonyl (C=O) groups is 2. The summed E-state index contributed by atoms with van der Waals surface area (Å²) in [5.74, 6) is 2.28. The average molecular weight is 436 g/mol. The van der Waals surface area contributed by atoms with Crippen molar-refractivity contribution >= 4 is 19.5 Å².